The van der Waals surface area contributed by atoms with Gasteiger partial charge in [0.2, 0.25) is 11.8 Å². The van der Waals surface area contributed by atoms with Gasteiger partial charge in [0.05, 0.1) is 60.1 Å². The van der Waals surface area contributed by atoms with Crippen LogP contribution in [0.25, 0.3) is 34.2 Å². The molecule has 0 spiro atoms. The molecule has 0 amide bonds. The van der Waals surface area contributed by atoms with Crippen LogP contribution < -0.4 is 9.47 Å². The van der Waals surface area contributed by atoms with E-state index in [0.29, 0.717) is 38.0 Å². The van der Waals surface area contributed by atoms with Crippen LogP contribution in [0.4, 0.5) is 0 Å². The molecule has 2 atom stereocenters. The average molecular weight is 706 g/mol. The predicted molar refractivity (Wildman–Crippen MR) is 199 cm³/mol. The van der Waals surface area contributed by atoms with Crippen molar-refractivity contribution in [1.82, 2.24) is 34.2 Å². The Morgan fingerprint density at radius 2 is 1.90 bits per heavy atom. The van der Waals surface area contributed by atoms with Gasteiger partial charge in [-0.05, 0) is 88.1 Å². The van der Waals surface area contributed by atoms with Crippen LogP contribution in [0.1, 0.15) is 77.1 Å². The minimum absolute atomic E-state index is 0.0704. The molecule has 1 saturated heterocycles. The Morgan fingerprint density at radius 3 is 2.60 bits per heavy atom. The summed E-state index contributed by atoms with van der Waals surface area (Å²) in [7, 11) is 1.93. The summed E-state index contributed by atoms with van der Waals surface area (Å²) in [4.78, 5) is 2.16. The fourth-order valence-corrected chi connectivity index (χ4v) is 7.43. The van der Waals surface area contributed by atoms with Gasteiger partial charge in [-0.25, -0.2) is 9.36 Å². The van der Waals surface area contributed by atoms with Crippen molar-refractivity contribution in [2.45, 2.75) is 104 Å². The van der Waals surface area contributed by atoms with Crippen LogP contribution >= 0.6 is 0 Å². The van der Waals surface area contributed by atoms with Crippen LogP contribution in [0, 0.1) is 0 Å². The Hall–Kier alpha value is -3.49. The third-order valence-electron chi connectivity index (χ3n) is 10.2. The summed E-state index contributed by atoms with van der Waals surface area (Å²) < 4.78 is 31.5. The fourth-order valence-electron chi connectivity index (χ4n) is 6.40. The minimum atomic E-state index is -1.97. The topological polar surface area (TPSA) is 114 Å². The van der Waals surface area contributed by atoms with Crippen molar-refractivity contribution in [2.75, 3.05) is 33.4 Å². The molecule has 3 aromatic heterocycles. The first kappa shape index (κ1) is 36.3. The van der Waals surface area contributed by atoms with E-state index in [1.165, 1.54) is 0 Å². The maximum atomic E-state index is 10.5. The maximum Gasteiger partial charge on any atom is 0.240 e. The summed E-state index contributed by atoms with van der Waals surface area (Å²) in [5.74, 6) is 1.18. The van der Waals surface area contributed by atoms with Crippen molar-refractivity contribution in [2.24, 2.45) is 7.05 Å². The van der Waals surface area contributed by atoms with Crippen molar-refractivity contribution >= 4 is 31.4 Å². The first-order valence-corrected chi connectivity index (χ1v) is 20.9. The number of aliphatic hydroxyl groups excluding tert-OH is 1. The molecule has 4 aromatic rings. The second-order valence-corrected chi connectivity index (χ2v) is 20.3. The van der Waals surface area contributed by atoms with E-state index in [9.17, 15) is 5.11 Å². The fraction of sp³-hybridized carbons (Fsp3) is 0.595. The second-order valence-electron chi connectivity index (χ2n) is 15.5. The van der Waals surface area contributed by atoms with Crippen LogP contribution in [-0.4, -0.2) is 93.3 Å². The van der Waals surface area contributed by atoms with Crippen molar-refractivity contribution in [3.63, 3.8) is 0 Å². The quantitative estimate of drug-likeness (QED) is 0.205. The van der Waals surface area contributed by atoms with E-state index in [4.69, 9.17) is 28.8 Å². The molecule has 1 fully saturated rings. The monoisotopic (exact) mass is 705 g/mol. The molecule has 2 bridgehead atoms. The first-order chi connectivity index (χ1) is 23.8. The highest BCUT2D eigenvalue weighted by molar-refractivity contribution is 6.74. The number of aryl methyl sites for hydroxylation is 1. The minimum Gasteiger partial charge on any atom is -0.473 e. The van der Waals surface area contributed by atoms with E-state index >= 15 is 0 Å². The maximum absolute atomic E-state index is 10.5. The van der Waals surface area contributed by atoms with Crippen LogP contribution in [0.15, 0.2) is 24.4 Å². The lowest BCUT2D eigenvalue weighted by Gasteiger charge is -2.36. The highest BCUT2D eigenvalue weighted by Gasteiger charge is 2.37. The van der Waals surface area contributed by atoms with E-state index in [-0.39, 0.29) is 24.0 Å². The predicted octanol–water partition coefficient (Wildman–Crippen LogP) is 6.50. The van der Waals surface area contributed by atoms with E-state index in [1.54, 1.807) is 4.68 Å². The summed E-state index contributed by atoms with van der Waals surface area (Å²) in [6.07, 6.45) is 8.38. The number of ether oxygens (including phenoxy) is 3. The van der Waals surface area contributed by atoms with Gasteiger partial charge in [-0.1, -0.05) is 26.8 Å². The first-order valence-electron chi connectivity index (χ1n) is 18.0. The van der Waals surface area contributed by atoms with Crippen LogP contribution in [-0.2, 0) is 29.3 Å². The summed E-state index contributed by atoms with van der Waals surface area (Å²) in [6.45, 7) is 18.1. The van der Waals surface area contributed by atoms with Crippen LogP contribution in [0.2, 0.25) is 18.1 Å². The Balaban J connectivity index is 1.50. The Kier molecular flexibility index (Phi) is 10.6. The highest BCUT2D eigenvalue weighted by Crippen LogP contribution is 2.38. The zero-order valence-electron chi connectivity index (χ0n) is 31.3. The van der Waals surface area contributed by atoms with E-state index < -0.39 is 14.4 Å². The Morgan fingerprint density at radius 1 is 1.10 bits per heavy atom. The summed E-state index contributed by atoms with van der Waals surface area (Å²) in [6, 6.07) is 6.35. The molecule has 1 aromatic carbocycles. The van der Waals surface area contributed by atoms with Crippen molar-refractivity contribution in [3.05, 3.63) is 41.3 Å². The molecule has 12 nitrogen and oxygen atoms in total. The third-order valence-corrected chi connectivity index (χ3v) is 14.7. The average Bonchev–Trinajstić information content (AvgIpc) is 3.71. The number of hydrogen-bond donors (Lipinski definition) is 1. The molecule has 1 N–H and O–H groups in total. The van der Waals surface area contributed by atoms with Crippen LogP contribution in [0.5, 0.6) is 11.8 Å². The number of aliphatic hydroxyl groups is 1. The summed E-state index contributed by atoms with van der Waals surface area (Å²) >= 11 is 0. The molecule has 6 rings (SSSR count). The van der Waals surface area contributed by atoms with Gasteiger partial charge in [0.1, 0.15) is 6.10 Å². The number of aromatic nitrogens is 6. The van der Waals surface area contributed by atoms with Crippen LogP contribution in [0.3, 0.4) is 0 Å². The zero-order chi connectivity index (χ0) is 35.8. The Bertz CT molecular complexity index is 1810. The molecule has 5 heterocycles. The molecular formula is C37H55N7O5Si. The lowest BCUT2D eigenvalue weighted by molar-refractivity contribution is -0.0367. The molecule has 2 aliphatic rings. The van der Waals surface area contributed by atoms with Gasteiger partial charge < -0.3 is 23.7 Å². The smallest absolute Gasteiger partial charge is 0.240 e. The molecule has 0 radical (unpaired) electrons. The summed E-state index contributed by atoms with van der Waals surface area (Å²) in [5, 5.41) is 26.4. The van der Waals surface area contributed by atoms with Crippen molar-refractivity contribution in [3.8, 4) is 22.9 Å². The van der Waals surface area contributed by atoms with E-state index in [2.05, 4.69) is 74.2 Å². The lowest BCUT2D eigenvalue weighted by atomic mass is 10.0. The molecule has 13 heteroatoms. The van der Waals surface area contributed by atoms with Gasteiger partial charge in [-0.15, -0.1) is 5.10 Å². The highest BCUT2D eigenvalue weighted by atomic mass is 28.4. The Labute approximate surface area is 297 Å². The zero-order valence-corrected chi connectivity index (χ0v) is 32.3. The molecule has 2 aliphatic heterocycles. The second kappa shape index (κ2) is 14.6. The number of benzene rings is 1. The normalized spacial score (nSPS) is 20.0. The number of hydrogen-bond acceptors (Lipinski definition) is 9. The van der Waals surface area contributed by atoms with Gasteiger partial charge in [0, 0.05) is 32.1 Å². The van der Waals surface area contributed by atoms with Gasteiger partial charge >= 0.3 is 0 Å². The van der Waals surface area contributed by atoms with E-state index in [0.717, 1.165) is 64.9 Å². The van der Waals surface area contributed by atoms with Gasteiger partial charge in [0.15, 0.2) is 14.5 Å². The van der Waals surface area contributed by atoms with Gasteiger partial charge in [-0.3, -0.25) is 9.58 Å². The number of likely N-dealkylation sites (N-methyl/N-ethyl adjacent to an activating group) is 1. The van der Waals surface area contributed by atoms with E-state index in [1.807, 2.05) is 43.5 Å². The molecular weight excluding hydrogens is 651 g/mol. The molecule has 272 valence electrons. The largest absolute Gasteiger partial charge is 0.473 e. The number of rotatable bonds is 8. The molecule has 0 aliphatic carbocycles. The standard InChI is InChI=1S/C37H55N7O5Si/c1-25(2)48-35-28-14-15-31-29-20-26(13-16-32(29)44(39-31)34-12-10-11-18-46-34)30-21-38-42(7)36(30)49-27(24-45)22-41(6)23-33(28)43(40-35)17-19-47-50(8,9)37(3,4)5/h13-16,20-21,25,27,34,45H,10-12,17-19,22-24H2,1-9H3/b15-14+/t27-,34?/m1/s1. The van der Waals surface area contributed by atoms with Crippen molar-refractivity contribution in [1.29, 1.82) is 0 Å². The molecule has 50 heavy (non-hydrogen) atoms. The summed E-state index contributed by atoms with van der Waals surface area (Å²) in [5.41, 5.74) is 5.53. The lowest BCUT2D eigenvalue weighted by Crippen LogP contribution is -2.41. The van der Waals surface area contributed by atoms with Crippen molar-refractivity contribution < 1.29 is 23.7 Å². The third kappa shape index (κ3) is 7.57. The number of nitrogens with zero attached hydrogens (tertiary/aromatic N) is 7. The SMILES string of the molecule is CC(C)Oc1nn(CCO[Si](C)(C)C(C)(C)C)c2c1/C=C/c1nn(C3CCCCO3)c3ccc(cc13)-c1cnn(C)c1O[C@@H](CO)CN(C)C2. The van der Waals surface area contributed by atoms with Gasteiger partial charge in [-0.2, -0.15) is 10.2 Å². The molecule has 0 saturated carbocycles. The number of fused-ring (bicyclic) bond motifs is 4. The molecule has 1 unspecified atom stereocenters. The van der Waals surface area contributed by atoms with Gasteiger partial charge in [0.25, 0.3) is 0 Å².